The molecule has 0 aromatic heterocycles. The van der Waals surface area contributed by atoms with Crippen LogP contribution in [0.4, 0.5) is 0 Å². The van der Waals surface area contributed by atoms with E-state index in [4.69, 9.17) is 0 Å². The summed E-state index contributed by atoms with van der Waals surface area (Å²) < 4.78 is 0. The van der Waals surface area contributed by atoms with Crippen LogP contribution in [-0.4, -0.2) is 21.4 Å². The van der Waals surface area contributed by atoms with E-state index in [-0.39, 0.29) is 10.4 Å². The standard InChI is InChI=1S/C16H22O3S/c1-11(2)9-15(20-12(3)17)14(16(18)19)10-13-7-5-4-6-8-13/h4-8,11,14-15H,9-10H2,1-3H3,(H,18,19)/t14-,15-/m1/s1. The number of hydrogen-bond acceptors (Lipinski definition) is 3. The summed E-state index contributed by atoms with van der Waals surface area (Å²) in [5, 5.41) is 9.31. The number of carboxylic acids is 1. The van der Waals surface area contributed by atoms with Crippen LogP contribution in [0.15, 0.2) is 30.3 Å². The molecule has 1 aromatic carbocycles. The lowest BCUT2D eigenvalue weighted by atomic mass is 9.91. The maximum atomic E-state index is 11.6. The van der Waals surface area contributed by atoms with Crippen LogP contribution >= 0.6 is 11.8 Å². The minimum Gasteiger partial charge on any atom is -0.481 e. The van der Waals surface area contributed by atoms with Gasteiger partial charge in [-0.05, 0) is 24.3 Å². The smallest absolute Gasteiger partial charge is 0.307 e. The van der Waals surface area contributed by atoms with Crippen molar-refractivity contribution in [2.75, 3.05) is 0 Å². The molecule has 2 atom stereocenters. The fourth-order valence-electron chi connectivity index (χ4n) is 2.22. The van der Waals surface area contributed by atoms with Gasteiger partial charge in [0.05, 0.1) is 5.92 Å². The van der Waals surface area contributed by atoms with Gasteiger partial charge >= 0.3 is 5.97 Å². The molecule has 0 aliphatic rings. The van der Waals surface area contributed by atoms with Crippen LogP contribution in [0.2, 0.25) is 0 Å². The molecule has 110 valence electrons. The Kier molecular flexibility index (Phi) is 6.79. The van der Waals surface area contributed by atoms with Crippen molar-refractivity contribution in [3.8, 4) is 0 Å². The normalized spacial score (nSPS) is 14.0. The van der Waals surface area contributed by atoms with E-state index in [9.17, 15) is 14.7 Å². The summed E-state index contributed by atoms with van der Waals surface area (Å²) in [6.07, 6.45) is 1.20. The maximum Gasteiger partial charge on any atom is 0.307 e. The van der Waals surface area contributed by atoms with Gasteiger partial charge in [-0.2, -0.15) is 0 Å². The Morgan fingerprint density at radius 3 is 2.25 bits per heavy atom. The third kappa shape index (κ3) is 5.78. The quantitative estimate of drug-likeness (QED) is 0.834. The molecule has 0 saturated carbocycles. The molecular weight excluding hydrogens is 272 g/mol. The highest BCUT2D eigenvalue weighted by molar-refractivity contribution is 8.14. The number of hydrogen-bond donors (Lipinski definition) is 1. The number of rotatable bonds is 7. The first-order chi connectivity index (χ1) is 9.40. The van der Waals surface area contributed by atoms with Crippen LogP contribution in [0.5, 0.6) is 0 Å². The Bertz CT molecular complexity index is 442. The third-order valence-electron chi connectivity index (χ3n) is 3.09. The third-order valence-corrected chi connectivity index (χ3v) is 4.24. The van der Waals surface area contributed by atoms with E-state index in [2.05, 4.69) is 13.8 Å². The number of benzene rings is 1. The number of thioether (sulfide) groups is 1. The summed E-state index contributed by atoms with van der Waals surface area (Å²) in [6, 6.07) is 9.59. The van der Waals surface area contributed by atoms with Crippen molar-refractivity contribution in [3.63, 3.8) is 0 Å². The highest BCUT2D eigenvalue weighted by Gasteiger charge is 2.30. The van der Waals surface area contributed by atoms with Crippen LogP contribution in [-0.2, 0) is 16.0 Å². The lowest BCUT2D eigenvalue weighted by molar-refractivity contribution is -0.141. The molecule has 0 radical (unpaired) electrons. The van der Waals surface area contributed by atoms with Crippen molar-refractivity contribution in [1.82, 2.24) is 0 Å². The molecule has 0 bridgehead atoms. The van der Waals surface area contributed by atoms with Crippen LogP contribution in [0.25, 0.3) is 0 Å². The van der Waals surface area contributed by atoms with Crippen LogP contribution in [0.3, 0.4) is 0 Å². The summed E-state index contributed by atoms with van der Waals surface area (Å²) in [4.78, 5) is 23.0. The zero-order chi connectivity index (χ0) is 15.1. The SMILES string of the molecule is CC(=O)S[C@H](CC(C)C)[C@@H](Cc1ccccc1)C(=O)O. The molecular formula is C16H22O3S. The fourth-order valence-corrected chi connectivity index (χ4v) is 3.50. The zero-order valence-electron chi connectivity index (χ0n) is 12.2. The van der Waals surface area contributed by atoms with Gasteiger partial charge in [-0.25, -0.2) is 0 Å². The number of aliphatic carboxylic acids is 1. The predicted octanol–water partition coefficient (Wildman–Crippen LogP) is 3.62. The lowest BCUT2D eigenvalue weighted by Crippen LogP contribution is -2.30. The van der Waals surface area contributed by atoms with Crippen molar-refractivity contribution in [2.24, 2.45) is 11.8 Å². The Hall–Kier alpha value is -1.29. The maximum absolute atomic E-state index is 11.6. The summed E-state index contributed by atoms with van der Waals surface area (Å²) in [5.41, 5.74) is 0.998. The minimum absolute atomic E-state index is 0.0186. The van der Waals surface area contributed by atoms with Gasteiger partial charge in [0.15, 0.2) is 5.12 Å². The Balaban J connectivity index is 2.89. The summed E-state index contributed by atoms with van der Waals surface area (Å²) in [7, 11) is 0. The van der Waals surface area contributed by atoms with Crippen LogP contribution in [0, 0.1) is 11.8 Å². The second-order valence-electron chi connectivity index (χ2n) is 5.41. The molecule has 0 fully saturated rings. The van der Waals surface area contributed by atoms with Crippen molar-refractivity contribution in [3.05, 3.63) is 35.9 Å². The van der Waals surface area contributed by atoms with E-state index in [1.54, 1.807) is 0 Å². The highest BCUT2D eigenvalue weighted by Crippen LogP contribution is 2.29. The second kappa shape index (κ2) is 8.10. The largest absolute Gasteiger partial charge is 0.481 e. The fraction of sp³-hybridized carbons (Fsp3) is 0.500. The van der Waals surface area contributed by atoms with E-state index in [1.807, 2.05) is 30.3 Å². The van der Waals surface area contributed by atoms with Gasteiger partial charge in [0, 0.05) is 12.2 Å². The molecule has 1 N–H and O–H groups in total. The van der Waals surface area contributed by atoms with Crippen molar-refractivity contribution >= 4 is 22.8 Å². The molecule has 20 heavy (non-hydrogen) atoms. The summed E-state index contributed by atoms with van der Waals surface area (Å²) in [6.45, 7) is 5.60. The first-order valence-corrected chi connectivity index (χ1v) is 7.72. The minimum atomic E-state index is -0.826. The van der Waals surface area contributed by atoms with Gasteiger partial charge in [-0.15, -0.1) is 0 Å². The van der Waals surface area contributed by atoms with Crippen LogP contribution < -0.4 is 0 Å². The number of carbonyl (C=O) groups is 2. The Labute approximate surface area is 124 Å². The Morgan fingerprint density at radius 1 is 1.20 bits per heavy atom. The van der Waals surface area contributed by atoms with Crippen LogP contribution in [0.1, 0.15) is 32.8 Å². The van der Waals surface area contributed by atoms with E-state index in [0.29, 0.717) is 12.3 Å². The molecule has 4 heteroatoms. The van der Waals surface area contributed by atoms with Crippen molar-refractivity contribution in [1.29, 1.82) is 0 Å². The molecule has 0 spiro atoms. The molecule has 1 rings (SSSR count). The molecule has 0 amide bonds. The van der Waals surface area contributed by atoms with E-state index >= 15 is 0 Å². The zero-order valence-corrected chi connectivity index (χ0v) is 13.0. The topological polar surface area (TPSA) is 54.4 Å². The van der Waals surface area contributed by atoms with E-state index < -0.39 is 11.9 Å². The molecule has 0 aliphatic heterocycles. The lowest BCUT2D eigenvalue weighted by Gasteiger charge is -2.24. The molecule has 0 heterocycles. The molecule has 3 nitrogen and oxygen atoms in total. The summed E-state index contributed by atoms with van der Waals surface area (Å²) in [5.74, 6) is -0.994. The van der Waals surface area contributed by atoms with E-state index in [0.717, 1.165) is 23.7 Å². The Morgan fingerprint density at radius 2 is 1.80 bits per heavy atom. The molecule has 0 unspecified atom stereocenters. The van der Waals surface area contributed by atoms with Gasteiger partial charge in [-0.1, -0.05) is 55.9 Å². The monoisotopic (exact) mass is 294 g/mol. The average Bonchev–Trinajstić information content (AvgIpc) is 2.35. The first-order valence-electron chi connectivity index (χ1n) is 6.84. The molecule has 0 saturated heterocycles. The van der Waals surface area contributed by atoms with Gasteiger partial charge < -0.3 is 5.11 Å². The average molecular weight is 294 g/mol. The van der Waals surface area contributed by atoms with E-state index in [1.165, 1.54) is 6.92 Å². The van der Waals surface area contributed by atoms with Gasteiger partial charge in [0.2, 0.25) is 0 Å². The first kappa shape index (κ1) is 16.8. The number of carbonyl (C=O) groups excluding carboxylic acids is 1. The highest BCUT2D eigenvalue weighted by atomic mass is 32.2. The predicted molar refractivity (Wildman–Crippen MR) is 82.8 cm³/mol. The molecule has 0 aliphatic carbocycles. The van der Waals surface area contributed by atoms with Gasteiger partial charge in [0.25, 0.3) is 0 Å². The van der Waals surface area contributed by atoms with Gasteiger partial charge in [-0.3, -0.25) is 9.59 Å². The van der Waals surface area contributed by atoms with Gasteiger partial charge in [0.1, 0.15) is 0 Å². The van der Waals surface area contributed by atoms with Crippen molar-refractivity contribution < 1.29 is 14.7 Å². The summed E-state index contributed by atoms with van der Waals surface area (Å²) >= 11 is 1.16. The second-order valence-corrected chi connectivity index (χ2v) is 6.83. The number of carboxylic acid groups (broad SMARTS) is 1. The molecule has 1 aromatic rings. The van der Waals surface area contributed by atoms with Crippen molar-refractivity contribution in [2.45, 2.75) is 38.9 Å².